The van der Waals surface area contributed by atoms with Crippen LogP contribution in [0.2, 0.25) is 5.15 Å². The first-order valence-corrected chi connectivity index (χ1v) is 10.4. The number of aromatic nitrogens is 2. The average molecular weight is 437 g/mol. The molecule has 1 aliphatic rings. The molecule has 0 unspecified atom stereocenters. The molecule has 1 aromatic heterocycles. The van der Waals surface area contributed by atoms with E-state index in [4.69, 9.17) is 11.6 Å². The number of benzene rings is 1. The molecule has 2 aromatic rings. The monoisotopic (exact) mass is 436 g/mol. The molecule has 0 saturated heterocycles. The Morgan fingerprint density at radius 1 is 1.00 bits per heavy atom. The lowest BCUT2D eigenvalue weighted by Gasteiger charge is -2.24. The van der Waals surface area contributed by atoms with Gasteiger partial charge in [-0.15, -0.1) is 10.2 Å². The quantitative estimate of drug-likeness (QED) is 0.591. The minimum atomic E-state index is -3.91. The van der Waals surface area contributed by atoms with Crippen molar-refractivity contribution in [1.82, 2.24) is 10.2 Å². The Morgan fingerprint density at radius 2 is 1.66 bits per heavy atom. The largest absolute Gasteiger partial charge is 0.481 e. The van der Waals surface area contributed by atoms with Crippen molar-refractivity contribution < 1.29 is 23.1 Å². The normalized spacial score (nSPS) is 18.8. The van der Waals surface area contributed by atoms with Crippen molar-refractivity contribution in [3.63, 3.8) is 0 Å². The van der Waals surface area contributed by atoms with Crippen molar-refractivity contribution in [2.75, 3.05) is 10.0 Å². The summed E-state index contributed by atoms with van der Waals surface area (Å²) in [5.74, 6) is -2.91. The first-order chi connectivity index (χ1) is 13.8. The van der Waals surface area contributed by atoms with E-state index >= 15 is 0 Å². The van der Waals surface area contributed by atoms with Crippen molar-refractivity contribution >= 4 is 45.0 Å². The molecule has 0 aliphatic heterocycles. The summed E-state index contributed by atoms with van der Waals surface area (Å²) in [7, 11) is -3.91. The van der Waals surface area contributed by atoms with Crippen LogP contribution in [0.3, 0.4) is 0 Å². The van der Waals surface area contributed by atoms with Gasteiger partial charge >= 0.3 is 5.97 Å². The molecule has 11 heteroatoms. The van der Waals surface area contributed by atoms with Crippen molar-refractivity contribution in [2.24, 2.45) is 11.8 Å². The third-order valence-corrected chi connectivity index (χ3v) is 5.96. The summed E-state index contributed by atoms with van der Waals surface area (Å²) in [5.41, 5.74) is 0.360. The zero-order valence-electron chi connectivity index (χ0n) is 14.9. The Morgan fingerprint density at radius 3 is 2.24 bits per heavy atom. The van der Waals surface area contributed by atoms with Gasteiger partial charge in [-0.25, -0.2) is 8.42 Å². The van der Waals surface area contributed by atoms with E-state index in [1.54, 1.807) is 12.2 Å². The van der Waals surface area contributed by atoms with Gasteiger partial charge in [0, 0.05) is 5.69 Å². The van der Waals surface area contributed by atoms with Gasteiger partial charge in [-0.1, -0.05) is 23.8 Å². The van der Waals surface area contributed by atoms with Gasteiger partial charge in [-0.3, -0.25) is 14.3 Å². The fourth-order valence-corrected chi connectivity index (χ4v) is 3.99. The number of sulfonamides is 1. The number of hydrogen-bond acceptors (Lipinski definition) is 6. The van der Waals surface area contributed by atoms with Gasteiger partial charge in [-0.05, 0) is 49.2 Å². The van der Waals surface area contributed by atoms with E-state index < -0.39 is 33.7 Å². The molecule has 1 heterocycles. The first-order valence-electron chi connectivity index (χ1n) is 8.57. The van der Waals surface area contributed by atoms with E-state index in [0.29, 0.717) is 18.5 Å². The van der Waals surface area contributed by atoms with Crippen LogP contribution in [-0.2, 0) is 19.6 Å². The fourth-order valence-electron chi connectivity index (χ4n) is 2.90. The molecule has 0 bridgehead atoms. The Kier molecular flexibility index (Phi) is 6.14. The molecule has 0 spiro atoms. The van der Waals surface area contributed by atoms with Crippen molar-refractivity contribution in [3.05, 3.63) is 53.7 Å². The number of carbonyl (C=O) groups excluding carboxylic acids is 1. The number of hydrogen-bond donors (Lipinski definition) is 3. The molecule has 152 valence electrons. The number of carbonyl (C=O) groups is 2. The lowest BCUT2D eigenvalue weighted by molar-refractivity contribution is -0.146. The molecular formula is C18H17ClN4O5S. The predicted molar refractivity (Wildman–Crippen MR) is 106 cm³/mol. The van der Waals surface area contributed by atoms with Gasteiger partial charge in [0.15, 0.2) is 11.0 Å². The second kappa shape index (κ2) is 8.58. The summed E-state index contributed by atoms with van der Waals surface area (Å²) < 4.78 is 27.1. The Labute approximate surface area is 171 Å². The van der Waals surface area contributed by atoms with Gasteiger partial charge < -0.3 is 10.4 Å². The van der Waals surface area contributed by atoms with Crippen LogP contribution >= 0.6 is 11.6 Å². The molecular weight excluding hydrogens is 420 g/mol. The van der Waals surface area contributed by atoms with E-state index in [0.717, 1.165) is 0 Å². The molecule has 1 amide bonds. The van der Waals surface area contributed by atoms with Gasteiger partial charge in [0.2, 0.25) is 5.91 Å². The highest BCUT2D eigenvalue weighted by molar-refractivity contribution is 7.92. The van der Waals surface area contributed by atoms with E-state index in [9.17, 15) is 23.1 Å². The summed E-state index contributed by atoms with van der Waals surface area (Å²) in [6.07, 6.45) is 4.16. The van der Waals surface area contributed by atoms with E-state index in [1.807, 2.05) is 0 Å². The second-order valence-corrected chi connectivity index (χ2v) is 8.42. The smallest absolute Gasteiger partial charge is 0.307 e. The number of nitrogens with zero attached hydrogens (tertiary/aromatic N) is 2. The zero-order valence-corrected chi connectivity index (χ0v) is 16.5. The fraction of sp³-hybridized carbons (Fsp3) is 0.222. The summed E-state index contributed by atoms with van der Waals surface area (Å²) >= 11 is 5.62. The number of nitrogens with one attached hydrogen (secondary N) is 2. The Bertz CT molecular complexity index is 1040. The standard InChI is InChI=1S/C18H17ClN4O5S/c19-15-9-10-16(22-21-15)23-29(27,28)12-7-5-11(6-8-12)20-17(24)13-3-1-2-4-14(13)18(25)26/h1-2,5-10,13-14H,3-4H2,(H,20,24)(H,22,23)(H,25,26)/t13-,14+/m0/s1. The third kappa shape index (κ3) is 5.09. The van der Waals surface area contributed by atoms with Crippen molar-refractivity contribution in [2.45, 2.75) is 17.7 Å². The second-order valence-electron chi connectivity index (χ2n) is 6.35. The highest BCUT2D eigenvalue weighted by Crippen LogP contribution is 2.27. The zero-order chi connectivity index (χ0) is 21.0. The summed E-state index contributed by atoms with van der Waals surface area (Å²) in [6, 6.07) is 8.26. The lowest BCUT2D eigenvalue weighted by atomic mass is 9.82. The Balaban J connectivity index is 1.69. The average Bonchev–Trinajstić information content (AvgIpc) is 2.70. The first kappa shape index (κ1) is 20.7. The number of allylic oxidation sites excluding steroid dienone is 2. The highest BCUT2D eigenvalue weighted by atomic mass is 35.5. The number of rotatable bonds is 6. The molecule has 9 nitrogen and oxygen atoms in total. The van der Waals surface area contributed by atoms with Crippen LogP contribution in [0, 0.1) is 11.8 Å². The maximum atomic E-state index is 12.5. The molecule has 0 radical (unpaired) electrons. The number of carboxylic acid groups (broad SMARTS) is 1. The number of carboxylic acids is 1. The predicted octanol–water partition coefficient (Wildman–Crippen LogP) is 2.54. The topological polar surface area (TPSA) is 138 Å². The minimum Gasteiger partial charge on any atom is -0.481 e. The molecule has 1 aliphatic carbocycles. The summed E-state index contributed by atoms with van der Waals surface area (Å²) in [6.45, 7) is 0. The van der Waals surface area contributed by atoms with Crippen LogP contribution in [0.5, 0.6) is 0 Å². The van der Waals surface area contributed by atoms with E-state index in [2.05, 4.69) is 20.2 Å². The maximum Gasteiger partial charge on any atom is 0.307 e. The van der Waals surface area contributed by atoms with Gasteiger partial charge in [0.25, 0.3) is 10.0 Å². The van der Waals surface area contributed by atoms with Crippen LogP contribution < -0.4 is 10.0 Å². The Hall–Kier alpha value is -2.98. The number of anilines is 2. The van der Waals surface area contributed by atoms with E-state index in [-0.39, 0.29) is 15.9 Å². The molecule has 1 aromatic carbocycles. The van der Waals surface area contributed by atoms with Crippen molar-refractivity contribution in [3.8, 4) is 0 Å². The van der Waals surface area contributed by atoms with Crippen LogP contribution in [-0.4, -0.2) is 35.6 Å². The summed E-state index contributed by atoms with van der Waals surface area (Å²) in [4.78, 5) is 23.8. The van der Waals surface area contributed by atoms with Crippen molar-refractivity contribution in [1.29, 1.82) is 0 Å². The molecule has 0 fully saturated rings. The van der Waals surface area contributed by atoms with Crippen LogP contribution in [0.15, 0.2) is 53.4 Å². The maximum absolute atomic E-state index is 12.5. The summed E-state index contributed by atoms with van der Waals surface area (Å²) in [5, 5.41) is 19.3. The molecule has 3 N–H and O–H groups in total. The van der Waals surface area contributed by atoms with Gasteiger partial charge in [-0.2, -0.15) is 0 Å². The number of amides is 1. The molecule has 3 rings (SSSR count). The van der Waals surface area contributed by atoms with Gasteiger partial charge in [0.05, 0.1) is 16.7 Å². The van der Waals surface area contributed by atoms with Crippen LogP contribution in [0.1, 0.15) is 12.8 Å². The molecule has 0 saturated carbocycles. The van der Waals surface area contributed by atoms with Gasteiger partial charge in [0.1, 0.15) is 0 Å². The highest BCUT2D eigenvalue weighted by Gasteiger charge is 2.34. The van der Waals surface area contributed by atoms with Crippen LogP contribution in [0.25, 0.3) is 0 Å². The third-order valence-electron chi connectivity index (χ3n) is 4.39. The SMILES string of the molecule is O=C(Nc1ccc(S(=O)(=O)Nc2ccc(Cl)nn2)cc1)[C@H]1CC=CC[C@H]1C(=O)O. The number of aliphatic carboxylic acids is 1. The minimum absolute atomic E-state index is 0.0110. The molecule has 2 atom stereocenters. The van der Waals surface area contributed by atoms with E-state index in [1.165, 1.54) is 36.4 Å². The number of halogens is 1. The van der Waals surface area contributed by atoms with Crippen LogP contribution in [0.4, 0.5) is 11.5 Å². The molecule has 29 heavy (non-hydrogen) atoms. The lowest BCUT2D eigenvalue weighted by Crippen LogP contribution is -2.34.